The molecule has 0 amide bonds. The van der Waals surface area contributed by atoms with Crippen LogP contribution in [0, 0.1) is 17.0 Å². The van der Waals surface area contributed by atoms with Gasteiger partial charge < -0.3 is 5.32 Å². The van der Waals surface area contributed by atoms with E-state index in [4.69, 9.17) is 0 Å². The molecule has 88 valence electrons. The lowest BCUT2D eigenvalue weighted by Crippen LogP contribution is -2.12. The summed E-state index contributed by atoms with van der Waals surface area (Å²) in [5, 5.41) is 13.1. The summed E-state index contributed by atoms with van der Waals surface area (Å²) in [4.78, 5) is 10.2. The number of nitrogens with zero attached hydrogens (tertiary/aromatic N) is 1. The minimum Gasteiger partial charge on any atom is -0.374 e. The summed E-state index contributed by atoms with van der Waals surface area (Å²) in [6, 6.07) is 2.98. The predicted octanol–water partition coefficient (Wildman–Crippen LogP) is 3.34. The fraction of sp³-hybridized carbons (Fsp3) is 0.333. The maximum absolute atomic E-state index is 12.0. The van der Waals surface area contributed by atoms with Crippen LogP contribution in [0.2, 0.25) is 0 Å². The number of nitro groups is 1. The van der Waals surface area contributed by atoms with Crippen LogP contribution in [0.25, 0.3) is 0 Å². The lowest BCUT2D eigenvalue weighted by atomic mass is 10.1. The molecule has 0 saturated heterocycles. The summed E-state index contributed by atoms with van der Waals surface area (Å²) < 4.78 is 24.6. The van der Waals surface area contributed by atoms with E-state index in [1.807, 2.05) is 0 Å². The third-order valence-electron chi connectivity index (χ3n) is 1.99. The monoisotopic (exact) mass is 294 g/mol. The number of alkyl halides is 2. The Morgan fingerprint density at radius 3 is 2.69 bits per heavy atom. The highest BCUT2D eigenvalue weighted by Gasteiger charge is 2.19. The molecule has 0 spiro atoms. The van der Waals surface area contributed by atoms with Crippen molar-refractivity contribution in [3.63, 3.8) is 0 Å². The zero-order chi connectivity index (χ0) is 12.3. The van der Waals surface area contributed by atoms with Crippen LogP contribution in [0.3, 0.4) is 0 Å². The number of nitrogens with one attached hydrogen (secondary N) is 1. The van der Waals surface area contributed by atoms with Crippen molar-refractivity contribution in [1.82, 2.24) is 0 Å². The third-order valence-corrected chi connectivity index (χ3v) is 2.85. The Morgan fingerprint density at radius 2 is 2.19 bits per heavy atom. The average Bonchev–Trinajstić information content (AvgIpc) is 2.19. The van der Waals surface area contributed by atoms with Crippen molar-refractivity contribution in [3.05, 3.63) is 32.3 Å². The fourth-order valence-electron chi connectivity index (χ4n) is 1.24. The van der Waals surface area contributed by atoms with Gasteiger partial charge in [0, 0.05) is 10.0 Å². The molecule has 7 heteroatoms. The number of benzene rings is 1. The number of hydrogen-bond acceptors (Lipinski definition) is 3. The first-order valence-electron chi connectivity index (χ1n) is 4.39. The molecule has 16 heavy (non-hydrogen) atoms. The number of nitro benzene ring substituents is 1. The average molecular weight is 295 g/mol. The zero-order valence-corrected chi connectivity index (χ0v) is 9.92. The number of halogens is 3. The highest BCUT2D eigenvalue weighted by Crippen LogP contribution is 2.33. The van der Waals surface area contributed by atoms with Crippen LogP contribution in [-0.2, 0) is 0 Å². The maximum atomic E-state index is 12.0. The SMILES string of the molecule is Cc1c(Br)ccc(NCC(F)F)c1[N+](=O)[O-]. The van der Waals surface area contributed by atoms with Crippen molar-refractivity contribution in [3.8, 4) is 0 Å². The first kappa shape index (κ1) is 12.8. The van der Waals surface area contributed by atoms with Gasteiger partial charge in [-0.15, -0.1) is 0 Å². The molecular formula is C9H9BrF2N2O2. The highest BCUT2D eigenvalue weighted by atomic mass is 79.9. The molecule has 0 aromatic heterocycles. The summed E-state index contributed by atoms with van der Waals surface area (Å²) in [5.41, 5.74) is 0.324. The first-order chi connectivity index (χ1) is 7.43. The molecule has 0 heterocycles. The maximum Gasteiger partial charge on any atom is 0.296 e. The molecule has 0 aliphatic heterocycles. The fourth-order valence-corrected chi connectivity index (χ4v) is 1.56. The van der Waals surface area contributed by atoms with Gasteiger partial charge in [-0.1, -0.05) is 15.9 Å². The molecular weight excluding hydrogens is 286 g/mol. The molecule has 0 saturated carbocycles. The van der Waals surface area contributed by atoms with Crippen LogP contribution in [0.1, 0.15) is 5.56 Å². The lowest BCUT2D eigenvalue weighted by molar-refractivity contribution is -0.384. The van der Waals surface area contributed by atoms with Crippen LogP contribution < -0.4 is 5.32 Å². The van der Waals surface area contributed by atoms with Crippen molar-refractivity contribution in [2.75, 3.05) is 11.9 Å². The van der Waals surface area contributed by atoms with Gasteiger partial charge in [0.1, 0.15) is 5.69 Å². The molecule has 1 N–H and O–H groups in total. The lowest BCUT2D eigenvalue weighted by Gasteiger charge is -2.09. The van der Waals surface area contributed by atoms with Gasteiger partial charge in [-0.2, -0.15) is 0 Å². The van der Waals surface area contributed by atoms with Crippen molar-refractivity contribution >= 4 is 27.3 Å². The van der Waals surface area contributed by atoms with E-state index in [9.17, 15) is 18.9 Å². The second-order valence-corrected chi connectivity index (χ2v) is 3.95. The topological polar surface area (TPSA) is 55.2 Å². The highest BCUT2D eigenvalue weighted by molar-refractivity contribution is 9.10. The van der Waals surface area contributed by atoms with Gasteiger partial charge in [-0.3, -0.25) is 10.1 Å². The standard InChI is InChI=1S/C9H9BrF2N2O2/c1-5-6(10)2-3-7(9(5)14(15)16)13-4-8(11)12/h2-3,8,13H,4H2,1H3. The van der Waals surface area contributed by atoms with Crippen LogP contribution in [0.5, 0.6) is 0 Å². The van der Waals surface area contributed by atoms with E-state index in [2.05, 4.69) is 21.2 Å². The first-order valence-corrected chi connectivity index (χ1v) is 5.18. The summed E-state index contributed by atoms with van der Waals surface area (Å²) in [6.07, 6.45) is -2.55. The molecule has 0 bridgehead atoms. The molecule has 4 nitrogen and oxygen atoms in total. The van der Waals surface area contributed by atoms with Gasteiger partial charge in [-0.25, -0.2) is 8.78 Å². The molecule has 1 aromatic carbocycles. The van der Waals surface area contributed by atoms with Gasteiger partial charge in [-0.05, 0) is 19.1 Å². The van der Waals surface area contributed by atoms with E-state index in [-0.39, 0.29) is 11.4 Å². The molecule has 0 unspecified atom stereocenters. The Morgan fingerprint density at radius 1 is 1.56 bits per heavy atom. The van der Waals surface area contributed by atoms with Gasteiger partial charge in [0.15, 0.2) is 0 Å². The van der Waals surface area contributed by atoms with Crippen molar-refractivity contribution in [2.45, 2.75) is 13.3 Å². The Kier molecular flexibility index (Phi) is 4.17. The zero-order valence-electron chi connectivity index (χ0n) is 8.34. The molecule has 0 aliphatic rings. The molecule has 0 radical (unpaired) electrons. The minimum atomic E-state index is -2.55. The predicted molar refractivity (Wildman–Crippen MR) is 60.0 cm³/mol. The quantitative estimate of drug-likeness (QED) is 0.684. The number of rotatable bonds is 4. The number of anilines is 1. The molecule has 0 fully saturated rings. The molecule has 0 atom stereocenters. The Balaban J connectivity index is 3.08. The second kappa shape index (κ2) is 5.20. The Hall–Kier alpha value is -1.24. The second-order valence-electron chi connectivity index (χ2n) is 3.10. The van der Waals surface area contributed by atoms with Crippen molar-refractivity contribution in [1.29, 1.82) is 0 Å². The normalized spacial score (nSPS) is 10.6. The van der Waals surface area contributed by atoms with E-state index in [0.717, 1.165) is 0 Å². The smallest absolute Gasteiger partial charge is 0.296 e. The minimum absolute atomic E-state index is 0.103. The van der Waals surface area contributed by atoms with Gasteiger partial charge in [0.25, 0.3) is 12.1 Å². The summed E-state index contributed by atoms with van der Waals surface area (Å²) in [7, 11) is 0. The number of hydrogen-bond donors (Lipinski definition) is 1. The van der Waals surface area contributed by atoms with Crippen LogP contribution in [-0.4, -0.2) is 17.9 Å². The summed E-state index contributed by atoms with van der Waals surface area (Å²) >= 11 is 3.15. The van der Waals surface area contributed by atoms with Crippen LogP contribution >= 0.6 is 15.9 Å². The van der Waals surface area contributed by atoms with Crippen LogP contribution in [0.15, 0.2) is 16.6 Å². The Bertz CT molecular complexity index is 413. The molecule has 1 rings (SSSR count). The Labute approximate surface area is 98.9 Å². The van der Waals surface area contributed by atoms with E-state index in [1.165, 1.54) is 6.07 Å². The van der Waals surface area contributed by atoms with Gasteiger partial charge >= 0.3 is 0 Å². The van der Waals surface area contributed by atoms with Gasteiger partial charge in [0.2, 0.25) is 0 Å². The third kappa shape index (κ3) is 2.88. The van der Waals surface area contributed by atoms with E-state index >= 15 is 0 Å². The largest absolute Gasteiger partial charge is 0.374 e. The summed E-state index contributed by atoms with van der Waals surface area (Å²) in [6.45, 7) is 0.942. The molecule has 1 aromatic rings. The van der Waals surface area contributed by atoms with Gasteiger partial charge in [0.05, 0.1) is 11.5 Å². The van der Waals surface area contributed by atoms with E-state index in [0.29, 0.717) is 10.0 Å². The van der Waals surface area contributed by atoms with Crippen LogP contribution in [0.4, 0.5) is 20.2 Å². The van der Waals surface area contributed by atoms with E-state index in [1.54, 1.807) is 13.0 Å². The van der Waals surface area contributed by atoms with Crippen molar-refractivity contribution < 1.29 is 13.7 Å². The van der Waals surface area contributed by atoms with Crippen molar-refractivity contribution in [2.24, 2.45) is 0 Å². The van der Waals surface area contributed by atoms with E-state index < -0.39 is 17.9 Å². The summed E-state index contributed by atoms with van der Waals surface area (Å²) in [5.74, 6) is 0. The molecule has 0 aliphatic carbocycles.